The maximum atomic E-state index is 12.2. The van der Waals surface area contributed by atoms with Gasteiger partial charge in [-0.05, 0) is 39.7 Å². The van der Waals surface area contributed by atoms with Gasteiger partial charge >= 0.3 is 0 Å². The lowest BCUT2D eigenvalue weighted by atomic mass is 9.78. The van der Waals surface area contributed by atoms with Crippen LogP contribution in [0.15, 0.2) is 12.1 Å². The van der Waals surface area contributed by atoms with Crippen molar-refractivity contribution in [2.24, 2.45) is 0 Å². The molecular weight excluding hydrogens is 310 g/mol. The van der Waals surface area contributed by atoms with Crippen LogP contribution in [0.1, 0.15) is 63.5 Å². The number of phenolic OH excluding ortho intramolecular Hbond substituents is 1. The van der Waals surface area contributed by atoms with Gasteiger partial charge < -0.3 is 5.11 Å². The van der Waals surface area contributed by atoms with Gasteiger partial charge in [0.1, 0.15) is 11.0 Å². The molecule has 0 spiro atoms. The van der Waals surface area contributed by atoms with E-state index in [1.807, 2.05) is 53.7 Å². The Morgan fingerprint density at radius 3 is 1.78 bits per heavy atom. The number of aromatic hydroxyl groups is 1. The first kappa shape index (κ1) is 17.7. The van der Waals surface area contributed by atoms with Crippen molar-refractivity contribution in [3.63, 3.8) is 0 Å². The van der Waals surface area contributed by atoms with E-state index in [0.29, 0.717) is 0 Å². The van der Waals surface area contributed by atoms with Crippen LogP contribution in [0.5, 0.6) is 5.75 Å². The first-order valence-electron chi connectivity index (χ1n) is 7.59. The first-order valence-corrected chi connectivity index (χ1v) is 9.05. The number of imide groups is 1. The molecule has 0 aromatic heterocycles. The molecule has 2 unspecified atom stereocenters. The summed E-state index contributed by atoms with van der Waals surface area (Å²) in [5.41, 5.74) is 1.75. The van der Waals surface area contributed by atoms with Crippen LogP contribution >= 0.6 is 10.5 Å². The van der Waals surface area contributed by atoms with Crippen molar-refractivity contribution >= 4 is 27.5 Å². The number of amides is 2. The topological polar surface area (TPSA) is 66.4 Å². The highest BCUT2D eigenvalue weighted by Crippen LogP contribution is 2.45. The number of carbonyl (C=O) groups is 2. The fraction of sp³-hybridized carbons (Fsp3) is 0.500. The summed E-state index contributed by atoms with van der Waals surface area (Å²) in [4.78, 5) is 23.9. The molecule has 23 heavy (non-hydrogen) atoms. The fourth-order valence-corrected chi connectivity index (χ4v) is 3.96. The summed E-state index contributed by atoms with van der Waals surface area (Å²) in [7, 11) is -0.944. The zero-order valence-corrected chi connectivity index (χ0v) is 15.4. The minimum absolute atomic E-state index is 0.266. The average Bonchev–Trinajstić information content (AvgIpc) is 2.61. The van der Waals surface area contributed by atoms with Gasteiger partial charge in [0, 0.05) is 0 Å². The molecule has 0 saturated carbocycles. The SMILES string of the molecule is C=S1C(=O)NC(=O)C1c1cc(C(C)(C)C)c(O)c(C(C)(C)C)c1. The summed E-state index contributed by atoms with van der Waals surface area (Å²) in [6, 6.07) is 3.69. The Balaban J connectivity index is 2.73. The number of phenols is 1. The molecule has 1 aromatic carbocycles. The summed E-state index contributed by atoms with van der Waals surface area (Å²) in [5, 5.41) is 12.2. The molecule has 1 heterocycles. The summed E-state index contributed by atoms with van der Waals surface area (Å²) in [6.07, 6.45) is 0. The van der Waals surface area contributed by atoms with E-state index < -0.39 is 15.7 Å². The van der Waals surface area contributed by atoms with Gasteiger partial charge in [0.05, 0.1) is 0 Å². The normalized spacial score (nSPS) is 22.3. The van der Waals surface area contributed by atoms with E-state index in [1.165, 1.54) is 0 Å². The third kappa shape index (κ3) is 3.20. The lowest BCUT2D eigenvalue weighted by Gasteiger charge is -2.29. The van der Waals surface area contributed by atoms with Crippen molar-refractivity contribution in [1.29, 1.82) is 0 Å². The monoisotopic (exact) mass is 335 g/mol. The number of hydrogen-bond donors (Lipinski definition) is 2. The van der Waals surface area contributed by atoms with Crippen LogP contribution in [-0.2, 0) is 15.6 Å². The van der Waals surface area contributed by atoms with E-state index in [0.717, 1.165) is 16.7 Å². The van der Waals surface area contributed by atoms with E-state index in [4.69, 9.17) is 0 Å². The lowest BCUT2D eigenvalue weighted by Crippen LogP contribution is -2.22. The number of carbonyl (C=O) groups excluding carboxylic acids is 2. The van der Waals surface area contributed by atoms with Crippen molar-refractivity contribution in [2.45, 2.75) is 57.6 Å². The smallest absolute Gasteiger partial charge is 0.280 e. The molecule has 126 valence electrons. The summed E-state index contributed by atoms with van der Waals surface area (Å²) in [6.45, 7) is 12.1. The highest BCUT2D eigenvalue weighted by atomic mass is 32.2. The Labute approximate surface area is 140 Å². The van der Waals surface area contributed by atoms with E-state index in [2.05, 4.69) is 11.2 Å². The molecule has 1 saturated heterocycles. The molecule has 1 aromatic rings. The van der Waals surface area contributed by atoms with E-state index in [1.54, 1.807) is 0 Å². The predicted octanol–water partition coefficient (Wildman–Crippen LogP) is 3.98. The fourth-order valence-electron chi connectivity index (χ4n) is 2.74. The Hall–Kier alpha value is -1.62. The van der Waals surface area contributed by atoms with Crippen molar-refractivity contribution < 1.29 is 14.7 Å². The van der Waals surface area contributed by atoms with Crippen LogP contribution in [0.3, 0.4) is 0 Å². The molecule has 1 fully saturated rings. The Morgan fingerprint density at radius 1 is 1.04 bits per heavy atom. The number of rotatable bonds is 1. The maximum absolute atomic E-state index is 12.2. The van der Waals surface area contributed by atoms with Gasteiger partial charge in [0.15, 0.2) is 0 Å². The third-order valence-electron chi connectivity index (χ3n) is 4.04. The van der Waals surface area contributed by atoms with Crippen LogP contribution in [0, 0.1) is 0 Å². The summed E-state index contributed by atoms with van der Waals surface area (Å²) < 4.78 is 0. The van der Waals surface area contributed by atoms with E-state index in [-0.39, 0.29) is 27.7 Å². The largest absolute Gasteiger partial charge is 0.507 e. The molecule has 2 N–H and O–H groups in total. The molecular formula is C18H25NO3S. The average molecular weight is 335 g/mol. The van der Waals surface area contributed by atoms with Gasteiger partial charge in [-0.1, -0.05) is 57.9 Å². The van der Waals surface area contributed by atoms with Gasteiger partial charge in [-0.2, -0.15) is 0 Å². The number of nitrogens with one attached hydrogen (secondary N) is 1. The van der Waals surface area contributed by atoms with Gasteiger partial charge in [0.2, 0.25) is 5.91 Å². The number of benzene rings is 1. The zero-order valence-electron chi connectivity index (χ0n) is 14.6. The summed E-state index contributed by atoms with van der Waals surface area (Å²) >= 11 is 0. The van der Waals surface area contributed by atoms with E-state index in [9.17, 15) is 14.7 Å². The molecule has 2 amide bonds. The van der Waals surface area contributed by atoms with Gasteiger partial charge in [0.25, 0.3) is 5.24 Å². The van der Waals surface area contributed by atoms with Crippen LogP contribution in [0.25, 0.3) is 0 Å². The second kappa shape index (κ2) is 5.48. The van der Waals surface area contributed by atoms with Crippen LogP contribution < -0.4 is 5.32 Å². The van der Waals surface area contributed by atoms with Crippen molar-refractivity contribution in [3.8, 4) is 5.75 Å². The lowest BCUT2D eigenvalue weighted by molar-refractivity contribution is -0.119. The minimum atomic E-state index is -0.944. The Bertz CT molecular complexity index is 673. The van der Waals surface area contributed by atoms with Gasteiger partial charge in [-0.25, -0.2) is 0 Å². The highest BCUT2D eigenvalue weighted by molar-refractivity contribution is 8.28. The predicted molar refractivity (Wildman–Crippen MR) is 96.5 cm³/mol. The highest BCUT2D eigenvalue weighted by Gasteiger charge is 2.37. The van der Waals surface area contributed by atoms with Crippen molar-refractivity contribution in [3.05, 3.63) is 28.8 Å². The molecule has 5 heteroatoms. The van der Waals surface area contributed by atoms with E-state index >= 15 is 0 Å². The van der Waals surface area contributed by atoms with Crippen LogP contribution in [-0.4, -0.2) is 22.1 Å². The quantitative estimate of drug-likeness (QED) is 0.763. The third-order valence-corrected chi connectivity index (χ3v) is 5.67. The Morgan fingerprint density at radius 2 is 1.48 bits per heavy atom. The molecule has 0 aliphatic carbocycles. The van der Waals surface area contributed by atoms with Gasteiger partial charge in [-0.15, -0.1) is 0 Å². The molecule has 1 aliphatic heterocycles. The molecule has 2 rings (SSSR count). The zero-order chi connectivity index (χ0) is 17.7. The van der Waals surface area contributed by atoms with Crippen LogP contribution in [0.2, 0.25) is 0 Å². The second-order valence-corrected chi connectivity index (χ2v) is 9.75. The number of hydrogen-bond acceptors (Lipinski definition) is 3. The Kier molecular flexibility index (Phi) is 4.22. The van der Waals surface area contributed by atoms with Crippen LogP contribution in [0.4, 0.5) is 4.79 Å². The van der Waals surface area contributed by atoms with Crippen molar-refractivity contribution in [1.82, 2.24) is 5.32 Å². The molecule has 4 nitrogen and oxygen atoms in total. The molecule has 1 aliphatic rings. The summed E-state index contributed by atoms with van der Waals surface area (Å²) in [5.74, 6) is 3.82. The minimum Gasteiger partial charge on any atom is -0.507 e. The molecule has 0 bridgehead atoms. The second-order valence-electron chi connectivity index (χ2n) is 8.05. The first-order chi connectivity index (χ1) is 10.3. The van der Waals surface area contributed by atoms with Gasteiger partial charge in [-0.3, -0.25) is 14.9 Å². The molecule has 0 radical (unpaired) electrons. The standard InChI is InChI=1S/C18H25NO3S/c1-17(2,3)11-8-10(9-12(13(11)20)18(4,5)6)14-15(21)19-16(22)23(14)7/h8-9,14,20H,7H2,1-6H3,(H,19,21,22). The van der Waals surface area contributed by atoms with Crippen molar-refractivity contribution in [2.75, 3.05) is 0 Å². The maximum Gasteiger partial charge on any atom is 0.280 e. The molecule has 2 atom stereocenters.